The van der Waals surface area contributed by atoms with E-state index in [0.717, 1.165) is 22.4 Å². The van der Waals surface area contributed by atoms with Crippen molar-refractivity contribution >= 4 is 11.8 Å². The van der Waals surface area contributed by atoms with E-state index in [4.69, 9.17) is 18.9 Å². The molecule has 2 atom stereocenters. The molecule has 0 amide bonds. The van der Waals surface area contributed by atoms with Gasteiger partial charge >= 0.3 is 5.97 Å². The number of carbonyl (C=O) groups is 2. The van der Waals surface area contributed by atoms with Crippen molar-refractivity contribution < 1.29 is 28.5 Å². The Hall–Kier alpha value is -4.52. The van der Waals surface area contributed by atoms with E-state index in [1.165, 1.54) is 0 Å². The summed E-state index contributed by atoms with van der Waals surface area (Å²) in [6.45, 7) is 4.55. The number of carbonyl (C=O) groups excluding carboxylic acids is 2. The van der Waals surface area contributed by atoms with Gasteiger partial charge in [0.15, 0.2) is 17.3 Å². The minimum atomic E-state index is -0.565. The quantitative estimate of drug-likeness (QED) is 0.277. The standard InChI is InChI=1S/C35H37NO6/c1-5-16-41-35(38)32-22(2)36-28-18-26(24-14-15-30(39-3)31(20-24)40-4)19-29(37)34(28)33(32)25-12-9-13-27(17-25)42-21-23-10-7-6-8-11-23/h6-15,17,20,26,33,36H,5,16,18-19,21H2,1-4H3/t26-,33+/m0/s1. The highest BCUT2D eigenvalue weighted by atomic mass is 16.5. The zero-order chi connectivity index (χ0) is 29.6. The number of rotatable bonds is 10. The monoisotopic (exact) mass is 567 g/mol. The lowest BCUT2D eigenvalue weighted by atomic mass is 9.71. The van der Waals surface area contributed by atoms with Gasteiger partial charge in [-0.05, 0) is 66.6 Å². The van der Waals surface area contributed by atoms with E-state index in [9.17, 15) is 9.59 Å². The van der Waals surface area contributed by atoms with Crippen LogP contribution in [0.25, 0.3) is 0 Å². The van der Waals surface area contributed by atoms with Crippen LogP contribution in [0.15, 0.2) is 95.3 Å². The summed E-state index contributed by atoms with van der Waals surface area (Å²) < 4.78 is 22.7. The normalized spacial score (nSPS) is 18.2. The topological polar surface area (TPSA) is 83.1 Å². The van der Waals surface area contributed by atoms with Crippen molar-refractivity contribution in [2.75, 3.05) is 20.8 Å². The predicted molar refractivity (Wildman–Crippen MR) is 161 cm³/mol. The molecule has 3 aromatic carbocycles. The smallest absolute Gasteiger partial charge is 0.336 e. The van der Waals surface area contributed by atoms with Gasteiger partial charge in [-0.1, -0.05) is 55.5 Å². The Balaban J connectivity index is 1.51. The molecule has 0 radical (unpaired) electrons. The number of ketones is 1. The van der Waals surface area contributed by atoms with E-state index >= 15 is 0 Å². The van der Waals surface area contributed by atoms with E-state index in [1.54, 1.807) is 14.2 Å². The van der Waals surface area contributed by atoms with Gasteiger partial charge in [-0.2, -0.15) is 0 Å². The Morgan fingerprint density at radius 2 is 1.69 bits per heavy atom. The first-order chi connectivity index (χ1) is 20.4. The molecule has 218 valence electrons. The number of dihydropyridines is 1. The number of ether oxygens (including phenoxy) is 4. The van der Waals surface area contributed by atoms with E-state index in [2.05, 4.69) is 5.32 Å². The predicted octanol–water partition coefficient (Wildman–Crippen LogP) is 6.60. The van der Waals surface area contributed by atoms with Crippen molar-refractivity contribution in [2.24, 2.45) is 0 Å². The van der Waals surface area contributed by atoms with Gasteiger partial charge in [0, 0.05) is 29.3 Å². The van der Waals surface area contributed by atoms with Gasteiger partial charge in [0.1, 0.15) is 12.4 Å². The Kier molecular flexibility index (Phi) is 8.96. The third-order valence-corrected chi connectivity index (χ3v) is 7.80. The first-order valence-corrected chi connectivity index (χ1v) is 14.3. The average Bonchev–Trinajstić information content (AvgIpc) is 3.02. The molecule has 0 bridgehead atoms. The minimum Gasteiger partial charge on any atom is -0.493 e. The van der Waals surface area contributed by atoms with E-state index in [-0.39, 0.29) is 11.7 Å². The van der Waals surface area contributed by atoms with Crippen molar-refractivity contribution in [3.63, 3.8) is 0 Å². The lowest BCUT2D eigenvalue weighted by Crippen LogP contribution is -2.36. The molecule has 0 unspecified atom stereocenters. The van der Waals surface area contributed by atoms with Crippen molar-refractivity contribution in [1.29, 1.82) is 0 Å². The summed E-state index contributed by atoms with van der Waals surface area (Å²) in [7, 11) is 3.21. The third kappa shape index (κ3) is 6.05. The van der Waals surface area contributed by atoms with Crippen LogP contribution in [0.3, 0.4) is 0 Å². The van der Waals surface area contributed by atoms with Gasteiger partial charge in [0.05, 0.1) is 26.4 Å². The van der Waals surface area contributed by atoms with Crippen LogP contribution in [0, 0.1) is 0 Å². The van der Waals surface area contributed by atoms with E-state index < -0.39 is 11.9 Å². The van der Waals surface area contributed by atoms with Crippen LogP contribution < -0.4 is 19.5 Å². The number of nitrogens with one attached hydrogen (secondary N) is 1. The van der Waals surface area contributed by atoms with Crippen molar-refractivity contribution in [3.05, 3.63) is 112 Å². The molecular weight excluding hydrogens is 530 g/mol. The van der Waals surface area contributed by atoms with Crippen molar-refractivity contribution in [3.8, 4) is 17.2 Å². The van der Waals surface area contributed by atoms with Crippen LogP contribution in [0.5, 0.6) is 17.2 Å². The molecule has 7 nitrogen and oxygen atoms in total. The van der Waals surface area contributed by atoms with Gasteiger partial charge in [-0.15, -0.1) is 0 Å². The zero-order valence-electron chi connectivity index (χ0n) is 24.6. The molecule has 1 heterocycles. The van der Waals surface area contributed by atoms with E-state index in [0.29, 0.717) is 66.6 Å². The molecule has 1 aliphatic heterocycles. The Labute approximate surface area is 247 Å². The summed E-state index contributed by atoms with van der Waals surface area (Å²) in [5, 5.41) is 3.42. The molecule has 3 aromatic rings. The number of Topliss-reactive ketones (excluding diaryl/α,β-unsaturated/α-hetero) is 1. The molecular formula is C35H37NO6. The summed E-state index contributed by atoms with van der Waals surface area (Å²) in [5.41, 5.74) is 5.46. The van der Waals surface area contributed by atoms with Gasteiger partial charge in [-0.25, -0.2) is 4.79 Å². The van der Waals surface area contributed by atoms with Gasteiger partial charge in [0.25, 0.3) is 0 Å². The first kappa shape index (κ1) is 29.0. The molecule has 5 rings (SSSR count). The zero-order valence-corrected chi connectivity index (χ0v) is 24.6. The van der Waals surface area contributed by atoms with E-state index in [1.807, 2.05) is 86.6 Å². The number of hydrogen-bond acceptors (Lipinski definition) is 7. The van der Waals surface area contributed by atoms with Crippen LogP contribution in [0.2, 0.25) is 0 Å². The molecule has 7 heteroatoms. The summed E-state index contributed by atoms with van der Waals surface area (Å²) in [6.07, 6.45) is 1.64. The third-order valence-electron chi connectivity index (χ3n) is 7.80. The molecule has 0 spiro atoms. The molecule has 42 heavy (non-hydrogen) atoms. The fourth-order valence-corrected chi connectivity index (χ4v) is 5.78. The molecule has 1 aliphatic carbocycles. The van der Waals surface area contributed by atoms with Gasteiger partial charge in [-0.3, -0.25) is 4.79 Å². The first-order valence-electron chi connectivity index (χ1n) is 14.3. The summed E-state index contributed by atoms with van der Waals surface area (Å²) in [6, 6.07) is 23.4. The fraction of sp³-hybridized carbons (Fsp3) is 0.314. The Morgan fingerprint density at radius 3 is 2.43 bits per heavy atom. The molecule has 0 aromatic heterocycles. The second kappa shape index (κ2) is 13.0. The summed E-state index contributed by atoms with van der Waals surface area (Å²) >= 11 is 0. The van der Waals surface area contributed by atoms with Gasteiger partial charge < -0.3 is 24.3 Å². The molecule has 0 fully saturated rings. The largest absolute Gasteiger partial charge is 0.493 e. The maximum Gasteiger partial charge on any atom is 0.336 e. The number of hydrogen-bond donors (Lipinski definition) is 1. The van der Waals surface area contributed by atoms with Crippen LogP contribution in [0.4, 0.5) is 0 Å². The maximum absolute atomic E-state index is 14.0. The maximum atomic E-state index is 14.0. The number of benzene rings is 3. The summed E-state index contributed by atoms with van der Waals surface area (Å²) in [4.78, 5) is 27.4. The molecule has 0 saturated carbocycles. The number of allylic oxidation sites excluding steroid dienone is 3. The van der Waals surface area contributed by atoms with Crippen LogP contribution in [0.1, 0.15) is 61.6 Å². The highest BCUT2D eigenvalue weighted by Gasteiger charge is 2.41. The highest BCUT2D eigenvalue weighted by molar-refractivity contribution is 6.04. The van der Waals surface area contributed by atoms with Crippen LogP contribution in [-0.2, 0) is 20.9 Å². The molecule has 0 saturated heterocycles. The van der Waals surface area contributed by atoms with Crippen molar-refractivity contribution in [1.82, 2.24) is 5.32 Å². The van der Waals surface area contributed by atoms with Gasteiger partial charge in [0.2, 0.25) is 0 Å². The minimum absolute atomic E-state index is 0.00238. The second-order valence-electron chi connectivity index (χ2n) is 10.6. The Morgan fingerprint density at radius 1 is 0.905 bits per heavy atom. The lowest BCUT2D eigenvalue weighted by Gasteiger charge is -2.37. The number of esters is 1. The SMILES string of the molecule is CCCOC(=O)C1=C(C)NC2=C(C(=O)C[C@@H](c3ccc(OC)c(OC)c3)C2)[C@@H]1c1cccc(OCc2ccccc2)c1. The fourth-order valence-electron chi connectivity index (χ4n) is 5.78. The second-order valence-corrected chi connectivity index (χ2v) is 10.6. The highest BCUT2D eigenvalue weighted by Crippen LogP contribution is 2.47. The molecule has 2 aliphatic rings. The van der Waals surface area contributed by atoms with Crippen molar-refractivity contribution in [2.45, 2.75) is 51.6 Å². The van der Waals surface area contributed by atoms with Crippen LogP contribution in [-0.4, -0.2) is 32.6 Å². The lowest BCUT2D eigenvalue weighted by molar-refractivity contribution is -0.139. The number of methoxy groups -OCH3 is 2. The Bertz CT molecular complexity index is 1520. The summed E-state index contributed by atoms with van der Waals surface area (Å²) in [5.74, 6) is 0.906. The molecule has 1 N–H and O–H groups in total. The average molecular weight is 568 g/mol. The van der Waals surface area contributed by atoms with Crippen LogP contribution >= 0.6 is 0 Å².